The SMILES string of the molecule is CC1=C(c2ccccc2)S(=O)(=O)N(CC(=O)Nc2cccc(Cl)c2)C1=O. The number of amides is 2. The average molecular weight is 391 g/mol. The first-order valence-electron chi connectivity index (χ1n) is 7.69. The molecule has 2 amide bonds. The van der Waals surface area contributed by atoms with E-state index in [4.69, 9.17) is 11.6 Å². The number of benzene rings is 2. The summed E-state index contributed by atoms with van der Waals surface area (Å²) in [6.07, 6.45) is 0. The van der Waals surface area contributed by atoms with Crippen LogP contribution >= 0.6 is 11.6 Å². The minimum atomic E-state index is -4.10. The van der Waals surface area contributed by atoms with Gasteiger partial charge in [0, 0.05) is 16.3 Å². The molecule has 0 fully saturated rings. The first-order valence-corrected chi connectivity index (χ1v) is 9.51. The third-order valence-electron chi connectivity index (χ3n) is 3.87. The van der Waals surface area contributed by atoms with Gasteiger partial charge in [-0.2, -0.15) is 0 Å². The summed E-state index contributed by atoms with van der Waals surface area (Å²) in [4.78, 5) is 24.6. The van der Waals surface area contributed by atoms with E-state index in [0.29, 0.717) is 20.6 Å². The van der Waals surface area contributed by atoms with Gasteiger partial charge >= 0.3 is 0 Å². The zero-order chi connectivity index (χ0) is 18.9. The molecule has 1 heterocycles. The van der Waals surface area contributed by atoms with Crippen molar-refractivity contribution in [3.05, 3.63) is 70.8 Å². The number of nitrogens with zero attached hydrogens (tertiary/aromatic N) is 1. The van der Waals surface area contributed by atoms with Crippen molar-refractivity contribution in [2.24, 2.45) is 0 Å². The molecule has 8 heteroatoms. The van der Waals surface area contributed by atoms with Gasteiger partial charge in [-0.25, -0.2) is 12.7 Å². The van der Waals surface area contributed by atoms with E-state index >= 15 is 0 Å². The van der Waals surface area contributed by atoms with Crippen LogP contribution in [0.3, 0.4) is 0 Å². The molecule has 1 aliphatic heterocycles. The number of anilines is 1. The standard InChI is InChI=1S/C18H15ClN2O4S/c1-12-17(13-6-3-2-4-7-13)26(24,25)21(18(12)23)11-16(22)20-15-9-5-8-14(19)10-15/h2-10H,11H2,1H3,(H,20,22). The van der Waals surface area contributed by atoms with Crippen LogP contribution in [0, 0.1) is 0 Å². The summed E-state index contributed by atoms with van der Waals surface area (Å²) in [5, 5.41) is 2.96. The Balaban J connectivity index is 1.84. The fourth-order valence-electron chi connectivity index (χ4n) is 2.71. The van der Waals surface area contributed by atoms with Gasteiger partial charge < -0.3 is 5.32 Å². The van der Waals surface area contributed by atoms with Crippen LogP contribution in [0.4, 0.5) is 5.69 Å². The zero-order valence-electron chi connectivity index (χ0n) is 13.8. The van der Waals surface area contributed by atoms with Crippen LogP contribution in [-0.4, -0.2) is 31.1 Å². The normalized spacial score (nSPS) is 16.1. The fraction of sp³-hybridized carbons (Fsp3) is 0.111. The number of carbonyl (C=O) groups excluding carboxylic acids is 2. The molecule has 3 rings (SSSR count). The highest BCUT2D eigenvalue weighted by molar-refractivity contribution is 7.99. The molecule has 0 radical (unpaired) electrons. The van der Waals surface area contributed by atoms with Gasteiger partial charge in [-0.15, -0.1) is 0 Å². The molecule has 1 aliphatic rings. The molecule has 134 valence electrons. The maximum absolute atomic E-state index is 12.8. The smallest absolute Gasteiger partial charge is 0.268 e. The van der Waals surface area contributed by atoms with Gasteiger partial charge in [0.05, 0.1) is 0 Å². The Morgan fingerprint density at radius 2 is 1.81 bits per heavy atom. The van der Waals surface area contributed by atoms with E-state index in [1.165, 1.54) is 13.0 Å². The Kier molecular flexibility index (Phi) is 4.84. The molecular weight excluding hydrogens is 376 g/mol. The van der Waals surface area contributed by atoms with E-state index in [1.54, 1.807) is 48.5 Å². The molecule has 0 bridgehead atoms. The first kappa shape index (κ1) is 18.2. The van der Waals surface area contributed by atoms with Crippen LogP contribution in [0.2, 0.25) is 5.02 Å². The van der Waals surface area contributed by atoms with Gasteiger partial charge in [-0.1, -0.05) is 48.0 Å². The highest BCUT2D eigenvalue weighted by Gasteiger charge is 2.43. The third-order valence-corrected chi connectivity index (χ3v) is 6.04. The molecule has 0 aromatic heterocycles. The lowest BCUT2D eigenvalue weighted by Crippen LogP contribution is -2.38. The average Bonchev–Trinajstić information content (AvgIpc) is 2.75. The lowest BCUT2D eigenvalue weighted by Gasteiger charge is -2.16. The second-order valence-corrected chi connectivity index (χ2v) is 7.93. The summed E-state index contributed by atoms with van der Waals surface area (Å²) in [5.74, 6) is -1.34. The molecule has 0 spiro atoms. The Morgan fingerprint density at radius 1 is 1.12 bits per heavy atom. The summed E-state index contributed by atoms with van der Waals surface area (Å²) < 4.78 is 26.2. The number of hydrogen-bond acceptors (Lipinski definition) is 4. The number of rotatable bonds is 4. The zero-order valence-corrected chi connectivity index (χ0v) is 15.3. The molecule has 2 aromatic carbocycles. The van der Waals surface area contributed by atoms with Gasteiger partial charge in [0.25, 0.3) is 15.9 Å². The van der Waals surface area contributed by atoms with Gasteiger partial charge in [-0.05, 0) is 30.7 Å². The lowest BCUT2D eigenvalue weighted by molar-refractivity contribution is -0.126. The monoisotopic (exact) mass is 390 g/mol. The third kappa shape index (κ3) is 3.36. The van der Waals surface area contributed by atoms with Gasteiger partial charge in [0.15, 0.2) is 0 Å². The largest absolute Gasteiger partial charge is 0.324 e. The van der Waals surface area contributed by atoms with E-state index in [-0.39, 0.29) is 10.5 Å². The summed E-state index contributed by atoms with van der Waals surface area (Å²) in [6.45, 7) is 0.832. The number of nitrogens with one attached hydrogen (secondary N) is 1. The number of sulfonamides is 1. The van der Waals surface area contributed by atoms with Crippen LogP contribution in [0.1, 0.15) is 12.5 Å². The first-order chi connectivity index (χ1) is 12.3. The molecule has 0 saturated carbocycles. The van der Waals surface area contributed by atoms with Crippen molar-refractivity contribution in [1.82, 2.24) is 4.31 Å². The predicted octanol–water partition coefficient (Wildman–Crippen LogP) is 2.88. The van der Waals surface area contributed by atoms with Crippen molar-refractivity contribution < 1.29 is 18.0 Å². The van der Waals surface area contributed by atoms with E-state index < -0.39 is 28.4 Å². The summed E-state index contributed by atoms with van der Waals surface area (Å²) in [5.41, 5.74) is 0.919. The molecule has 26 heavy (non-hydrogen) atoms. The maximum atomic E-state index is 12.8. The van der Waals surface area contributed by atoms with Crippen LogP contribution in [0.5, 0.6) is 0 Å². The van der Waals surface area contributed by atoms with Crippen LogP contribution in [0.25, 0.3) is 4.91 Å². The minimum Gasteiger partial charge on any atom is -0.324 e. The molecule has 1 N–H and O–H groups in total. The van der Waals surface area contributed by atoms with Crippen molar-refractivity contribution in [3.63, 3.8) is 0 Å². The number of carbonyl (C=O) groups is 2. The predicted molar refractivity (Wildman–Crippen MR) is 99.8 cm³/mol. The van der Waals surface area contributed by atoms with Crippen LogP contribution < -0.4 is 5.32 Å². The van der Waals surface area contributed by atoms with Gasteiger partial charge in [0.1, 0.15) is 11.4 Å². The van der Waals surface area contributed by atoms with Gasteiger partial charge in [0.2, 0.25) is 5.91 Å². The van der Waals surface area contributed by atoms with Crippen molar-refractivity contribution in [2.45, 2.75) is 6.92 Å². The molecular formula is C18H15ClN2O4S. The van der Waals surface area contributed by atoms with E-state index in [9.17, 15) is 18.0 Å². The Hall–Kier alpha value is -2.64. The van der Waals surface area contributed by atoms with Crippen LogP contribution in [-0.2, 0) is 19.6 Å². The molecule has 0 aliphatic carbocycles. The number of halogens is 1. The topological polar surface area (TPSA) is 83.6 Å². The molecule has 6 nitrogen and oxygen atoms in total. The Bertz CT molecular complexity index is 1020. The van der Waals surface area contributed by atoms with Crippen molar-refractivity contribution in [1.29, 1.82) is 0 Å². The molecule has 0 saturated heterocycles. The molecule has 0 atom stereocenters. The van der Waals surface area contributed by atoms with Gasteiger partial charge in [-0.3, -0.25) is 9.59 Å². The fourth-order valence-corrected chi connectivity index (χ4v) is 4.67. The summed E-state index contributed by atoms with van der Waals surface area (Å²) in [7, 11) is -4.10. The van der Waals surface area contributed by atoms with Crippen molar-refractivity contribution in [3.8, 4) is 0 Å². The van der Waals surface area contributed by atoms with Crippen molar-refractivity contribution in [2.75, 3.05) is 11.9 Å². The molecule has 2 aromatic rings. The number of hydrogen-bond donors (Lipinski definition) is 1. The minimum absolute atomic E-state index is 0.0707. The highest BCUT2D eigenvalue weighted by Crippen LogP contribution is 2.35. The highest BCUT2D eigenvalue weighted by atomic mass is 35.5. The second kappa shape index (κ2) is 6.93. The Labute approximate surface area is 156 Å². The van der Waals surface area contributed by atoms with E-state index in [0.717, 1.165) is 0 Å². The van der Waals surface area contributed by atoms with Crippen molar-refractivity contribution >= 4 is 44.0 Å². The van der Waals surface area contributed by atoms with E-state index in [1.807, 2.05) is 0 Å². The van der Waals surface area contributed by atoms with Crippen LogP contribution in [0.15, 0.2) is 60.2 Å². The quantitative estimate of drug-likeness (QED) is 0.870. The molecule has 0 unspecified atom stereocenters. The lowest BCUT2D eigenvalue weighted by atomic mass is 10.1. The van der Waals surface area contributed by atoms with E-state index in [2.05, 4.69) is 5.32 Å². The maximum Gasteiger partial charge on any atom is 0.268 e. The Morgan fingerprint density at radius 3 is 2.46 bits per heavy atom. The second-order valence-electron chi connectivity index (χ2n) is 5.70. The summed E-state index contributed by atoms with van der Waals surface area (Å²) in [6, 6.07) is 14.8. The summed E-state index contributed by atoms with van der Waals surface area (Å²) >= 11 is 5.85.